The molecule has 1 saturated heterocycles. The maximum absolute atomic E-state index is 12.3. The summed E-state index contributed by atoms with van der Waals surface area (Å²) in [6, 6.07) is 7.39. The molecule has 0 aromatic heterocycles. The highest BCUT2D eigenvalue weighted by atomic mass is 79.9. The van der Waals surface area contributed by atoms with E-state index in [1.54, 1.807) is 0 Å². The third-order valence-corrected chi connectivity index (χ3v) is 4.73. The molecule has 2 atom stereocenters. The second kappa shape index (κ2) is 6.66. The van der Waals surface area contributed by atoms with E-state index in [2.05, 4.69) is 15.9 Å². The second-order valence-electron chi connectivity index (χ2n) is 5.71. The fourth-order valence-corrected chi connectivity index (χ4v) is 3.21. The van der Waals surface area contributed by atoms with Crippen molar-refractivity contribution in [3.8, 4) is 0 Å². The lowest BCUT2D eigenvalue weighted by Crippen LogP contribution is -2.36. The van der Waals surface area contributed by atoms with Crippen LogP contribution in [0.15, 0.2) is 40.9 Å². The summed E-state index contributed by atoms with van der Waals surface area (Å²) in [5, 5.41) is 0. The fraction of sp³-hybridized carbons (Fsp3) is 0.353. The van der Waals surface area contributed by atoms with Gasteiger partial charge in [0.05, 0.1) is 11.8 Å². The van der Waals surface area contributed by atoms with E-state index >= 15 is 0 Å². The number of amides is 2. The molecule has 1 heterocycles. The van der Waals surface area contributed by atoms with Crippen LogP contribution in [-0.4, -0.2) is 29.2 Å². The van der Waals surface area contributed by atoms with Crippen LogP contribution >= 0.6 is 15.9 Å². The molecule has 1 fully saturated rings. The summed E-state index contributed by atoms with van der Waals surface area (Å²) in [5.74, 6) is -1.71. The Hall–Kier alpha value is -1.95. The van der Waals surface area contributed by atoms with Crippen molar-refractivity contribution in [2.45, 2.75) is 19.4 Å². The number of allylic oxidation sites excluding steroid dienone is 2. The standard InChI is InChI=1S/C17H16BrNO4/c18-12-7-5-11(6-8-12)10-23-15(20)9-19-16(21)13-3-1-2-4-14(13)17(19)22/h1-2,5-8,13-14H,3-4,9-10H2. The molecule has 2 aliphatic rings. The van der Waals surface area contributed by atoms with E-state index in [0.717, 1.165) is 14.9 Å². The number of fused-ring (bicyclic) bond motifs is 1. The Labute approximate surface area is 142 Å². The Morgan fingerprint density at radius 3 is 2.22 bits per heavy atom. The number of likely N-dealkylation sites (tertiary alicyclic amines) is 1. The zero-order valence-electron chi connectivity index (χ0n) is 12.4. The lowest BCUT2D eigenvalue weighted by molar-refractivity contribution is -0.153. The summed E-state index contributed by atoms with van der Waals surface area (Å²) < 4.78 is 6.11. The first-order chi connectivity index (χ1) is 11.1. The van der Waals surface area contributed by atoms with Crippen LogP contribution in [0.3, 0.4) is 0 Å². The first kappa shape index (κ1) is 15.9. The Balaban J connectivity index is 1.56. The zero-order chi connectivity index (χ0) is 16.4. The number of ether oxygens (including phenoxy) is 1. The lowest BCUT2D eigenvalue weighted by atomic mass is 9.85. The zero-order valence-corrected chi connectivity index (χ0v) is 14.0. The number of hydrogen-bond acceptors (Lipinski definition) is 4. The lowest BCUT2D eigenvalue weighted by Gasteiger charge is -2.14. The monoisotopic (exact) mass is 377 g/mol. The molecule has 120 valence electrons. The van der Waals surface area contributed by atoms with Gasteiger partial charge in [-0.1, -0.05) is 40.2 Å². The van der Waals surface area contributed by atoms with Crippen molar-refractivity contribution in [3.05, 3.63) is 46.5 Å². The Kier molecular flexibility index (Phi) is 4.61. The minimum absolute atomic E-state index is 0.122. The largest absolute Gasteiger partial charge is 0.459 e. The van der Waals surface area contributed by atoms with Crippen LogP contribution in [0.2, 0.25) is 0 Å². The van der Waals surface area contributed by atoms with Gasteiger partial charge in [-0.25, -0.2) is 0 Å². The summed E-state index contributed by atoms with van der Waals surface area (Å²) in [6.07, 6.45) is 4.97. The van der Waals surface area contributed by atoms with Crippen LogP contribution in [0.5, 0.6) is 0 Å². The average molecular weight is 378 g/mol. The van der Waals surface area contributed by atoms with Crippen LogP contribution < -0.4 is 0 Å². The van der Waals surface area contributed by atoms with Gasteiger partial charge in [0.25, 0.3) is 0 Å². The number of nitrogens with zero attached hydrogens (tertiary/aromatic N) is 1. The van der Waals surface area contributed by atoms with Crippen molar-refractivity contribution < 1.29 is 19.1 Å². The number of rotatable bonds is 4. The van der Waals surface area contributed by atoms with E-state index < -0.39 is 5.97 Å². The van der Waals surface area contributed by atoms with Crippen LogP contribution in [0.4, 0.5) is 0 Å². The summed E-state index contributed by atoms with van der Waals surface area (Å²) in [7, 11) is 0. The molecule has 3 rings (SSSR count). The summed E-state index contributed by atoms with van der Waals surface area (Å²) in [6.45, 7) is -0.183. The Morgan fingerprint density at radius 2 is 1.65 bits per heavy atom. The molecule has 5 nitrogen and oxygen atoms in total. The third-order valence-electron chi connectivity index (χ3n) is 4.20. The van der Waals surface area contributed by atoms with Gasteiger partial charge in [-0.15, -0.1) is 0 Å². The first-order valence-corrected chi connectivity index (χ1v) is 8.26. The number of benzene rings is 1. The SMILES string of the molecule is O=C(CN1C(=O)C2CC=CCC2C1=O)OCc1ccc(Br)cc1. The van der Waals surface area contributed by atoms with Crippen molar-refractivity contribution in [2.75, 3.05) is 6.54 Å². The molecule has 0 radical (unpaired) electrons. The molecule has 0 spiro atoms. The Morgan fingerprint density at radius 1 is 1.09 bits per heavy atom. The molecular weight excluding hydrogens is 362 g/mol. The number of carbonyl (C=O) groups is 3. The smallest absolute Gasteiger partial charge is 0.326 e. The normalized spacial score (nSPS) is 23.1. The van der Waals surface area contributed by atoms with E-state index in [1.165, 1.54) is 0 Å². The first-order valence-electron chi connectivity index (χ1n) is 7.46. The van der Waals surface area contributed by atoms with Gasteiger partial charge in [-0.2, -0.15) is 0 Å². The van der Waals surface area contributed by atoms with Gasteiger partial charge in [0.15, 0.2) is 0 Å². The molecule has 23 heavy (non-hydrogen) atoms. The fourth-order valence-electron chi connectivity index (χ4n) is 2.94. The maximum Gasteiger partial charge on any atom is 0.326 e. The quantitative estimate of drug-likeness (QED) is 0.459. The van der Waals surface area contributed by atoms with Gasteiger partial charge < -0.3 is 4.74 Å². The van der Waals surface area contributed by atoms with Crippen molar-refractivity contribution >= 4 is 33.7 Å². The number of hydrogen-bond donors (Lipinski definition) is 0. The van der Waals surface area contributed by atoms with Crippen LogP contribution in [0.25, 0.3) is 0 Å². The minimum atomic E-state index is -0.568. The summed E-state index contributed by atoms with van der Waals surface area (Å²) in [5.41, 5.74) is 0.846. The van der Waals surface area contributed by atoms with E-state index in [9.17, 15) is 14.4 Å². The van der Waals surface area contributed by atoms with E-state index in [0.29, 0.717) is 12.8 Å². The van der Waals surface area contributed by atoms with Gasteiger partial charge in [-0.05, 0) is 30.5 Å². The second-order valence-corrected chi connectivity index (χ2v) is 6.62. The van der Waals surface area contributed by atoms with Crippen LogP contribution in [0, 0.1) is 11.8 Å². The molecule has 1 aliphatic carbocycles. The number of esters is 1. The molecule has 1 aromatic rings. The van der Waals surface area contributed by atoms with Crippen LogP contribution in [0.1, 0.15) is 18.4 Å². The molecule has 0 N–H and O–H groups in total. The summed E-state index contributed by atoms with van der Waals surface area (Å²) >= 11 is 3.33. The highest BCUT2D eigenvalue weighted by molar-refractivity contribution is 9.10. The van der Waals surface area contributed by atoms with Crippen molar-refractivity contribution in [1.82, 2.24) is 4.90 Å². The molecule has 0 bridgehead atoms. The van der Waals surface area contributed by atoms with Gasteiger partial charge in [-0.3, -0.25) is 19.3 Å². The van der Waals surface area contributed by atoms with Gasteiger partial charge >= 0.3 is 5.97 Å². The van der Waals surface area contributed by atoms with Crippen molar-refractivity contribution in [1.29, 1.82) is 0 Å². The van der Waals surface area contributed by atoms with Crippen molar-refractivity contribution in [3.63, 3.8) is 0 Å². The van der Waals surface area contributed by atoms with E-state index in [-0.39, 0.29) is 36.8 Å². The highest BCUT2D eigenvalue weighted by Gasteiger charge is 2.47. The predicted octanol–water partition coefficient (Wildman–Crippen LogP) is 2.44. The minimum Gasteiger partial charge on any atom is -0.459 e. The Bertz CT molecular complexity index is 642. The molecular formula is C17H16BrNO4. The molecule has 1 aromatic carbocycles. The molecule has 1 aliphatic heterocycles. The van der Waals surface area contributed by atoms with E-state index in [1.807, 2.05) is 36.4 Å². The highest BCUT2D eigenvalue weighted by Crippen LogP contribution is 2.34. The average Bonchev–Trinajstić information content (AvgIpc) is 2.80. The number of halogens is 1. The summed E-state index contributed by atoms with van der Waals surface area (Å²) in [4.78, 5) is 37.5. The van der Waals surface area contributed by atoms with Gasteiger partial charge in [0.1, 0.15) is 13.2 Å². The predicted molar refractivity (Wildman–Crippen MR) is 86.0 cm³/mol. The number of carbonyl (C=O) groups excluding carboxylic acids is 3. The molecule has 0 saturated carbocycles. The van der Waals surface area contributed by atoms with Crippen LogP contribution in [-0.2, 0) is 25.7 Å². The van der Waals surface area contributed by atoms with Gasteiger partial charge in [0.2, 0.25) is 11.8 Å². The van der Waals surface area contributed by atoms with Crippen molar-refractivity contribution in [2.24, 2.45) is 11.8 Å². The van der Waals surface area contributed by atoms with E-state index in [4.69, 9.17) is 4.74 Å². The molecule has 2 amide bonds. The molecule has 6 heteroatoms. The third kappa shape index (κ3) is 3.37. The topological polar surface area (TPSA) is 63.7 Å². The number of imide groups is 1. The maximum atomic E-state index is 12.3. The molecule has 2 unspecified atom stereocenters. The van der Waals surface area contributed by atoms with Gasteiger partial charge in [0, 0.05) is 4.47 Å².